The Bertz CT molecular complexity index is 677. The third-order valence-corrected chi connectivity index (χ3v) is 3.48. The summed E-state index contributed by atoms with van der Waals surface area (Å²) < 4.78 is 19.0. The van der Waals surface area contributed by atoms with E-state index in [9.17, 15) is 9.18 Å². The predicted octanol–water partition coefficient (Wildman–Crippen LogP) is 4.55. The average molecular weight is 353 g/mol. The zero-order chi connectivity index (χ0) is 15.4. The van der Waals surface area contributed by atoms with Crippen molar-refractivity contribution in [1.82, 2.24) is 0 Å². The van der Waals surface area contributed by atoms with Crippen molar-refractivity contribution in [3.8, 4) is 5.75 Å². The smallest absolute Gasteiger partial charge is 0.323 e. The molecule has 0 unspecified atom stereocenters. The van der Waals surface area contributed by atoms with Gasteiger partial charge in [-0.25, -0.2) is 9.18 Å². The Morgan fingerprint density at radius 3 is 2.57 bits per heavy atom. The molecule has 0 atom stereocenters. The maximum Gasteiger partial charge on any atom is 0.323 e. The Hall–Kier alpha value is -2.08. The van der Waals surface area contributed by atoms with E-state index < -0.39 is 11.8 Å². The van der Waals surface area contributed by atoms with Crippen LogP contribution in [0.2, 0.25) is 0 Å². The van der Waals surface area contributed by atoms with Gasteiger partial charge in [-0.15, -0.1) is 0 Å². The molecule has 0 heterocycles. The number of amides is 2. The van der Waals surface area contributed by atoms with Crippen LogP contribution in [0, 0.1) is 12.7 Å². The number of anilines is 2. The molecule has 0 fully saturated rings. The topological polar surface area (TPSA) is 50.4 Å². The molecule has 0 saturated carbocycles. The van der Waals surface area contributed by atoms with Crippen LogP contribution in [-0.2, 0) is 0 Å². The number of rotatable bonds is 3. The molecule has 0 aromatic heterocycles. The third-order valence-electron chi connectivity index (χ3n) is 2.87. The van der Waals surface area contributed by atoms with Gasteiger partial charge in [0.15, 0.2) is 0 Å². The van der Waals surface area contributed by atoms with Crippen LogP contribution in [-0.4, -0.2) is 13.1 Å². The van der Waals surface area contributed by atoms with Crippen molar-refractivity contribution in [2.24, 2.45) is 0 Å². The number of hydrogen-bond donors (Lipinski definition) is 2. The second kappa shape index (κ2) is 6.58. The molecule has 110 valence electrons. The number of urea groups is 1. The standard InChI is InChI=1S/C15H14BrFN2O2/c1-9-7-10(16)11(17)8-13(9)19-15(20)18-12-5-3-4-6-14(12)21-2/h3-8H,1-2H3,(H2,18,19,20). The van der Waals surface area contributed by atoms with Crippen molar-refractivity contribution in [1.29, 1.82) is 0 Å². The number of aryl methyl sites for hydroxylation is 1. The normalized spacial score (nSPS) is 10.1. The second-order valence-corrected chi connectivity index (χ2v) is 5.21. The molecule has 0 aliphatic rings. The van der Waals surface area contributed by atoms with Crippen LogP contribution in [0.15, 0.2) is 40.9 Å². The zero-order valence-corrected chi connectivity index (χ0v) is 13.1. The van der Waals surface area contributed by atoms with Crippen LogP contribution in [0.4, 0.5) is 20.6 Å². The number of halogens is 2. The van der Waals surface area contributed by atoms with Gasteiger partial charge < -0.3 is 15.4 Å². The molecule has 2 amide bonds. The van der Waals surface area contributed by atoms with E-state index in [1.54, 1.807) is 37.3 Å². The summed E-state index contributed by atoms with van der Waals surface area (Å²) >= 11 is 3.10. The van der Waals surface area contributed by atoms with Gasteiger partial charge in [0.1, 0.15) is 11.6 Å². The van der Waals surface area contributed by atoms with Crippen molar-refractivity contribution in [2.75, 3.05) is 17.7 Å². The van der Waals surface area contributed by atoms with Gasteiger partial charge >= 0.3 is 6.03 Å². The lowest BCUT2D eigenvalue weighted by atomic mass is 10.2. The van der Waals surface area contributed by atoms with Gasteiger partial charge in [-0.05, 0) is 52.7 Å². The van der Waals surface area contributed by atoms with Crippen molar-refractivity contribution in [2.45, 2.75) is 6.92 Å². The lowest BCUT2D eigenvalue weighted by molar-refractivity contribution is 0.262. The van der Waals surface area contributed by atoms with E-state index >= 15 is 0 Å². The van der Waals surface area contributed by atoms with Crippen molar-refractivity contribution in [3.63, 3.8) is 0 Å². The molecule has 4 nitrogen and oxygen atoms in total. The van der Waals surface area contributed by atoms with Gasteiger partial charge in [-0.1, -0.05) is 12.1 Å². The maximum absolute atomic E-state index is 13.5. The molecule has 2 aromatic rings. The highest BCUT2D eigenvalue weighted by molar-refractivity contribution is 9.10. The van der Waals surface area contributed by atoms with Crippen LogP contribution >= 0.6 is 15.9 Å². The molecule has 0 aliphatic heterocycles. The highest BCUT2D eigenvalue weighted by Crippen LogP contribution is 2.25. The van der Waals surface area contributed by atoms with E-state index in [2.05, 4.69) is 26.6 Å². The summed E-state index contributed by atoms with van der Waals surface area (Å²) in [6, 6.07) is 9.44. The van der Waals surface area contributed by atoms with Crippen LogP contribution in [0.3, 0.4) is 0 Å². The van der Waals surface area contributed by atoms with E-state index in [0.717, 1.165) is 5.56 Å². The fraction of sp³-hybridized carbons (Fsp3) is 0.133. The fourth-order valence-corrected chi connectivity index (χ4v) is 2.26. The minimum Gasteiger partial charge on any atom is -0.495 e. The van der Waals surface area contributed by atoms with Gasteiger partial charge in [0.25, 0.3) is 0 Å². The third kappa shape index (κ3) is 3.72. The van der Waals surface area contributed by atoms with Crippen LogP contribution < -0.4 is 15.4 Å². The molecule has 6 heteroatoms. The molecule has 2 N–H and O–H groups in total. The first-order valence-corrected chi connectivity index (χ1v) is 6.97. The summed E-state index contributed by atoms with van der Waals surface area (Å²) in [5.74, 6) is 0.111. The Labute approximate surface area is 130 Å². The van der Waals surface area contributed by atoms with Gasteiger partial charge in [-0.3, -0.25) is 0 Å². The van der Waals surface area contributed by atoms with Gasteiger partial charge in [0.2, 0.25) is 0 Å². The number of carbonyl (C=O) groups is 1. The number of benzene rings is 2. The summed E-state index contributed by atoms with van der Waals surface area (Å²) in [4.78, 5) is 12.0. The Morgan fingerprint density at radius 2 is 1.86 bits per heavy atom. The molecule has 0 aliphatic carbocycles. The minimum absolute atomic E-state index is 0.357. The predicted molar refractivity (Wildman–Crippen MR) is 84.5 cm³/mol. The van der Waals surface area contributed by atoms with Gasteiger partial charge in [-0.2, -0.15) is 0 Å². The van der Waals surface area contributed by atoms with Crippen molar-refractivity contribution in [3.05, 3.63) is 52.3 Å². The summed E-state index contributed by atoms with van der Waals surface area (Å²) in [6.07, 6.45) is 0. The number of para-hydroxylation sites is 2. The molecular formula is C15H14BrFN2O2. The summed E-state index contributed by atoms with van der Waals surface area (Å²) in [5, 5.41) is 5.27. The summed E-state index contributed by atoms with van der Waals surface area (Å²) in [5.41, 5.74) is 1.69. The zero-order valence-electron chi connectivity index (χ0n) is 11.5. The van der Waals surface area contributed by atoms with Crippen molar-refractivity contribution < 1.29 is 13.9 Å². The lowest BCUT2D eigenvalue weighted by Crippen LogP contribution is -2.20. The molecule has 21 heavy (non-hydrogen) atoms. The highest BCUT2D eigenvalue weighted by Gasteiger charge is 2.10. The van der Waals surface area contributed by atoms with E-state index in [1.807, 2.05) is 0 Å². The highest BCUT2D eigenvalue weighted by atomic mass is 79.9. The average Bonchev–Trinajstić information content (AvgIpc) is 2.45. The van der Waals surface area contributed by atoms with Gasteiger partial charge in [0.05, 0.1) is 17.3 Å². The SMILES string of the molecule is COc1ccccc1NC(=O)Nc1cc(F)c(Br)cc1C. The molecule has 0 saturated heterocycles. The Morgan fingerprint density at radius 1 is 1.19 bits per heavy atom. The van der Waals surface area contributed by atoms with E-state index in [-0.39, 0.29) is 0 Å². The lowest BCUT2D eigenvalue weighted by Gasteiger charge is -2.12. The number of carbonyl (C=O) groups excluding carboxylic acids is 1. The molecule has 2 rings (SSSR count). The largest absolute Gasteiger partial charge is 0.495 e. The number of hydrogen-bond acceptors (Lipinski definition) is 2. The number of methoxy groups -OCH3 is 1. The quantitative estimate of drug-likeness (QED) is 0.851. The summed E-state index contributed by atoms with van der Waals surface area (Å²) in [7, 11) is 1.52. The Kier molecular flexibility index (Phi) is 4.80. The molecule has 0 radical (unpaired) electrons. The fourth-order valence-electron chi connectivity index (χ4n) is 1.80. The van der Waals surface area contributed by atoms with Crippen LogP contribution in [0.5, 0.6) is 5.75 Å². The number of ether oxygens (including phenoxy) is 1. The molecule has 0 bridgehead atoms. The first-order chi connectivity index (χ1) is 10.0. The van der Waals surface area contributed by atoms with E-state index in [1.165, 1.54) is 13.2 Å². The molecule has 0 spiro atoms. The Balaban J connectivity index is 2.14. The molecular weight excluding hydrogens is 339 g/mol. The maximum atomic E-state index is 13.5. The minimum atomic E-state index is -0.468. The van der Waals surface area contributed by atoms with E-state index in [4.69, 9.17) is 4.74 Å². The van der Waals surface area contributed by atoms with Crippen LogP contribution in [0.25, 0.3) is 0 Å². The first kappa shape index (κ1) is 15.3. The van der Waals surface area contributed by atoms with E-state index in [0.29, 0.717) is 21.6 Å². The van der Waals surface area contributed by atoms with Crippen LogP contribution in [0.1, 0.15) is 5.56 Å². The van der Waals surface area contributed by atoms with Crippen molar-refractivity contribution >= 4 is 33.3 Å². The summed E-state index contributed by atoms with van der Waals surface area (Å²) in [6.45, 7) is 1.78. The second-order valence-electron chi connectivity index (χ2n) is 4.36. The monoisotopic (exact) mass is 352 g/mol. The first-order valence-electron chi connectivity index (χ1n) is 6.18. The van der Waals surface area contributed by atoms with Gasteiger partial charge in [0, 0.05) is 5.69 Å². The molecule has 2 aromatic carbocycles. The number of nitrogens with one attached hydrogen (secondary N) is 2.